The zero-order chi connectivity index (χ0) is 29.9. The summed E-state index contributed by atoms with van der Waals surface area (Å²) in [6.45, 7) is 4.63. The van der Waals surface area contributed by atoms with Crippen molar-refractivity contribution < 1.29 is 8.83 Å². The van der Waals surface area contributed by atoms with Gasteiger partial charge in [0.15, 0.2) is 0 Å². The summed E-state index contributed by atoms with van der Waals surface area (Å²) in [5.74, 6) is 0. The summed E-state index contributed by atoms with van der Waals surface area (Å²) < 4.78 is 12.8. The minimum atomic E-state index is -0.0657. The van der Waals surface area contributed by atoms with Gasteiger partial charge in [-0.1, -0.05) is 123 Å². The predicted octanol–water partition coefficient (Wildman–Crippen LogP) is 12.3. The van der Waals surface area contributed by atoms with Crippen LogP contribution in [0.5, 0.6) is 0 Å². The van der Waals surface area contributed by atoms with Gasteiger partial charge in [-0.2, -0.15) is 0 Å². The van der Waals surface area contributed by atoms with E-state index in [1.54, 1.807) is 6.26 Å². The molecule has 7 aromatic carbocycles. The SMILES string of the molecule is CC1(C)c2ccccc2-c2c1ccc1c2oc2ccc(-c3c4ccccc4c(-c4cccc5ccoc45)c4ccccc34)cc21. The van der Waals surface area contributed by atoms with Gasteiger partial charge in [0.1, 0.15) is 16.7 Å². The molecule has 9 aromatic rings. The van der Waals surface area contributed by atoms with E-state index in [2.05, 4.69) is 135 Å². The molecule has 0 radical (unpaired) electrons. The van der Waals surface area contributed by atoms with Crippen molar-refractivity contribution in [2.24, 2.45) is 0 Å². The Bertz CT molecular complexity index is 2620. The average molecular weight is 577 g/mol. The van der Waals surface area contributed by atoms with E-state index in [4.69, 9.17) is 8.83 Å². The standard InChI is InChI=1S/C43H28O2/c1-43(2)35-17-8-7-15-32(35)40-36(43)20-19-31-34-24-26(18-21-37(34)45-42(31)40)38-27-11-3-5-13-29(27)39(30-14-6-4-12-28(30)38)33-16-9-10-25-22-23-44-41(25)33/h3-24H,1-2H3. The molecule has 0 spiro atoms. The summed E-state index contributed by atoms with van der Waals surface area (Å²) in [4.78, 5) is 0. The highest BCUT2D eigenvalue weighted by molar-refractivity contribution is 6.24. The maximum Gasteiger partial charge on any atom is 0.143 e. The van der Waals surface area contributed by atoms with Gasteiger partial charge < -0.3 is 8.83 Å². The van der Waals surface area contributed by atoms with E-state index in [1.165, 1.54) is 60.5 Å². The van der Waals surface area contributed by atoms with E-state index in [0.29, 0.717) is 0 Å². The van der Waals surface area contributed by atoms with Crippen LogP contribution in [-0.2, 0) is 5.41 Å². The van der Waals surface area contributed by atoms with Crippen LogP contribution < -0.4 is 0 Å². The van der Waals surface area contributed by atoms with Crippen LogP contribution in [0.1, 0.15) is 25.0 Å². The second-order valence-electron chi connectivity index (χ2n) is 12.8. The minimum Gasteiger partial charge on any atom is -0.464 e. The van der Waals surface area contributed by atoms with Crippen LogP contribution in [0.3, 0.4) is 0 Å². The van der Waals surface area contributed by atoms with Gasteiger partial charge >= 0.3 is 0 Å². The maximum absolute atomic E-state index is 6.71. The second kappa shape index (κ2) is 8.74. The van der Waals surface area contributed by atoms with E-state index < -0.39 is 0 Å². The van der Waals surface area contributed by atoms with E-state index in [1.807, 2.05) is 6.07 Å². The number of rotatable bonds is 2. The lowest BCUT2D eigenvalue weighted by molar-refractivity contribution is 0.617. The molecule has 0 saturated heterocycles. The third-order valence-corrected chi connectivity index (χ3v) is 10.2. The molecule has 1 aliphatic rings. The number of hydrogen-bond acceptors (Lipinski definition) is 2. The molecule has 0 aliphatic heterocycles. The number of hydrogen-bond donors (Lipinski definition) is 0. The van der Waals surface area contributed by atoms with Crippen LogP contribution in [0, 0.1) is 0 Å². The lowest BCUT2D eigenvalue weighted by Gasteiger charge is -2.21. The molecule has 0 atom stereocenters. The topological polar surface area (TPSA) is 26.3 Å². The molecule has 0 bridgehead atoms. The Hall–Kier alpha value is -5.60. The van der Waals surface area contributed by atoms with E-state index in [-0.39, 0.29) is 5.41 Å². The molecule has 0 unspecified atom stereocenters. The third kappa shape index (κ3) is 3.24. The quantitative estimate of drug-likeness (QED) is 0.191. The van der Waals surface area contributed by atoms with Gasteiger partial charge in [0.2, 0.25) is 0 Å². The zero-order valence-electron chi connectivity index (χ0n) is 25.0. The molecule has 0 saturated carbocycles. The van der Waals surface area contributed by atoms with Gasteiger partial charge in [-0.05, 0) is 67.6 Å². The lowest BCUT2D eigenvalue weighted by atomic mass is 9.82. The Balaban J connectivity index is 1.27. The molecular weight excluding hydrogens is 548 g/mol. The molecule has 45 heavy (non-hydrogen) atoms. The van der Waals surface area contributed by atoms with Crippen molar-refractivity contribution in [3.63, 3.8) is 0 Å². The molecule has 2 heterocycles. The van der Waals surface area contributed by atoms with Crippen LogP contribution in [-0.4, -0.2) is 0 Å². The summed E-state index contributed by atoms with van der Waals surface area (Å²) in [5.41, 5.74) is 12.7. The van der Waals surface area contributed by atoms with Crippen molar-refractivity contribution in [1.29, 1.82) is 0 Å². The number of fused-ring (bicyclic) bond motifs is 10. The second-order valence-corrected chi connectivity index (χ2v) is 12.8. The zero-order valence-corrected chi connectivity index (χ0v) is 25.0. The van der Waals surface area contributed by atoms with Gasteiger partial charge in [0, 0.05) is 38.3 Å². The molecule has 10 rings (SSSR count). The van der Waals surface area contributed by atoms with Crippen LogP contribution in [0.15, 0.2) is 142 Å². The first-order valence-electron chi connectivity index (χ1n) is 15.6. The first-order chi connectivity index (χ1) is 22.1. The highest BCUT2D eigenvalue weighted by Crippen LogP contribution is 2.53. The Morgan fingerprint density at radius 1 is 0.467 bits per heavy atom. The smallest absolute Gasteiger partial charge is 0.143 e. The van der Waals surface area contributed by atoms with Gasteiger partial charge in [-0.15, -0.1) is 0 Å². The average Bonchev–Trinajstić information content (AvgIpc) is 3.77. The summed E-state index contributed by atoms with van der Waals surface area (Å²) in [6.07, 6.45) is 1.78. The molecule has 1 aliphatic carbocycles. The molecule has 0 fully saturated rings. The van der Waals surface area contributed by atoms with Crippen LogP contribution in [0.25, 0.3) is 87.8 Å². The summed E-state index contributed by atoms with van der Waals surface area (Å²) in [7, 11) is 0. The molecule has 2 nitrogen and oxygen atoms in total. The largest absolute Gasteiger partial charge is 0.464 e. The third-order valence-electron chi connectivity index (χ3n) is 10.2. The molecule has 2 heteroatoms. The fourth-order valence-electron chi connectivity index (χ4n) is 8.09. The maximum atomic E-state index is 6.71. The normalized spacial score (nSPS) is 13.7. The summed E-state index contributed by atoms with van der Waals surface area (Å²) in [5, 5.41) is 8.28. The summed E-state index contributed by atoms with van der Waals surface area (Å²) >= 11 is 0. The van der Waals surface area contributed by atoms with E-state index >= 15 is 0 Å². The lowest BCUT2D eigenvalue weighted by Crippen LogP contribution is -2.14. The van der Waals surface area contributed by atoms with Crippen LogP contribution >= 0.6 is 0 Å². The first-order valence-corrected chi connectivity index (χ1v) is 15.6. The Labute approximate surface area is 260 Å². The van der Waals surface area contributed by atoms with Crippen molar-refractivity contribution in [1.82, 2.24) is 0 Å². The number of benzene rings is 7. The van der Waals surface area contributed by atoms with E-state index in [0.717, 1.165) is 38.5 Å². The van der Waals surface area contributed by atoms with Gasteiger partial charge in [0.25, 0.3) is 0 Å². The van der Waals surface area contributed by atoms with E-state index in [9.17, 15) is 0 Å². The molecular formula is C43H28O2. The summed E-state index contributed by atoms with van der Waals surface area (Å²) in [6, 6.07) is 46.1. The minimum absolute atomic E-state index is 0.0657. The van der Waals surface area contributed by atoms with Crippen LogP contribution in [0.2, 0.25) is 0 Å². The molecule has 2 aromatic heterocycles. The first kappa shape index (κ1) is 24.8. The van der Waals surface area contributed by atoms with Crippen molar-refractivity contribution in [3.8, 4) is 33.4 Å². The Morgan fingerprint density at radius 3 is 1.93 bits per heavy atom. The highest BCUT2D eigenvalue weighted by atomic mass is 16.3. The monoisotopic (exact) mass is 576 g/mol. The van der Waals surface area contributed by atoms with Crippen molar-refractivity contribution in [2.75, 3.05) is 0 Å². The Morgan fingerprint density at radius 2 is 1.16 bits per heavy atom. The Kier molecular flexibility index (Phi) is 4.82. The molecule has 212 valence electrons. The number of para-hydroxylation sites is 1. The van der Waals surface area contributed by atoms with Gasteiger partial charge in [0.05, 0.1) is 6.26 Å². The molecule has 0 N–H and O–H groups in total. The van der Waals surface area contributed by atoms with Crippen molar-refractivity contribution in [2.45, 2.75) is 19.3 Å². The fourth-order valence-corrected chi connectivity index (χ4v) is 8.09. The predicted molar refractivity (Wildman–Crippen MR) is 187 cm³/mol. The van der Waals surface area contributed by atoms with Crippen LogP contribution in [0.4, 0.5) is 0 Å². The van der Waals surface area contributed by atoms with Gasteiger partial charge in [-0.25, -0.2) is 0 Å². The highest BCUT2D eigenvalue weighted by Gasteiger charge is 2.37. The fraction of sp³-hybridized carbons (Fsp3) is 0.0698. The number of furan rings is 2. The van der Waals surface area contributed by atoms with Gasteiger partial charge in [-0.3, -0.25) is 0 Å². The van der Waals surface area contributed by atoms with Crippen molar-refractivity contribution in [3.05, 3.63) is 145 Å². The molecule has 0 amide bonds. The van der Waals surface area contributed by atoms with Crippen molar-refractivity contribution >= 4 is 54.5 Å².